The number of carboxylic acid groups (broad SMARTS) is 1. The summed E-state index contributed by atoms with van der Waals surface area (Å²) in [4.78, 5) is 9.90. The number of rotatable bonds is 5. The van der Waals surface area contributed by atoms with E-state index in [1.54, 1.807) is 0 Å². The van der Waals surface area contributed by atoms with E-state index >= 15 is 0 Å². The van der Waals surface area contributed by atoms with Gasteiger partial charge in [-0.2, -0.15) is 4.39 Å². The van der Waals surface area contributed by atoms with Crippen LogP contribution in [0.25, 0.3) is 0 Å². The first-order valence-electron chi connectivity index (χ1n) is 3.47. The summed E-state index contributed by atoms with van der Waals surface area (Å²) in [5.41, 5.74) is 5.17. The standard InChI is InChI=1S/C7H12FNO2/c8-6(7(10)11)4-2-1-3-5-9/h4H,1-3,5,9H2,(H,10,11)/b6-4-. The van der Waals surface area contributed by atoms with E-state index in [9.17, 15) is 9.18 Å². The molecule has 0 fully saturated rings. The first kappa shape index (κ1) is 10.1. The summed E-state index contributed by atoms with van der Waals surface area (Å²) < 4.78 is 12.2. The van der Waals surface area contributed by atoms with Crippen molar-refractivity contribution in [1.29, 1.82) is 0 Å². The average molecular weight is 161 g/mol. The summed E-state index contributed by atoms with van der Waals surface area (Å²) in [6.07, 6.45) is 3.04. The molecule has 0 atom stereocenters. The molecule has 0 heterocycles. The van der Waals surface area contributed by atoms with Gasteiger partial charge in [0.15, 0.2) is 0 Å². The molecule has 3 nitrogen and oxygen atoms in total. The highest BCUT2D eigenvalue weighted by molar-refractivity contribution is 5.83. The van der Waals surface area contributed by atoms with Crippen molar-refractivity contribution in [3.8, 4) is 0 Å². The summed E-state index contributed by atoms with van der Waals surface area (Å²) in [6.45, 7) is 0.558. The molecule has 0 bridgehead atoms. The number of hydrogen-bond acceptors (Lipinski definition) is 2. The Hall–Kier alpha value is -0.900. The molecule has 0 aliphatic rings. The molecule has 0 saturated heterocycles. The van der Waals surface area contributed by atoms with E-state index in [2.05, 4.69) is 0 Å². The van der Waals surface area contributed by atoms with E-state index in [1.165, 1.54) is 0 Å². The molecule has 0 spiro atoms. The zero-order valence-electron chi connectivity index (χ0n) is 6.22. The van der Waals surface area contributed by atoms with E-state index in [4.69, 9.17) is 10.8 Å². The molecule has 0 radical (unpaired) electrons. The van der Waals surface area contributed by atoms with Crippen LogP contribution < -0.4 is 5.73 Å². The lowest BCUT2D eigenvalue weighted by molar-refractivity contribution is -0.134. The normalized spacial score (nSPS) is 11.6. The molecule has 0 amide bonds. The highest BCUT2D eigenvalue weighted by atomic mass is 19.1. The number of carboxylic acids is 1. The third-order valence-electron chi connectivity index (χ3n) is 1.19. The quantitative estimate of drug-likeness (QED) is 0.468. The minimum absolute atomic E-state index is 0.440. The first-order chi connectivity index (χ1) is 5.18. The van der Waals surface area contributed by atoms with Crippen LogP contribution in [0.4, 0.5) is 4.39 Å². The van der Waals surface area contributed by atoms with Crippen LogP contribution in [0.15, 0.2) is 11.9 Å². The van der Waals surface area contributed by atoms with Gasteiger partial charge in [-0.15, -0.1) is 0 Å². The lowest BCUT2D eigenvalue weighted by Gasteiger charge is -1.91. The Morgan fingerprint density at radius 3 is 2.64 bits per heavy atom. The van der Waals surface area contributed by atoms with Crippen LogP contribution in [0, 0.1) is 0 Å². The van der Waals surface area contributed by atoms with Crippen LogP contribution in [0.2, 0.25) is 0 Å². The topological polar surface area (TPSA) is 63.3 Å². The van der Waals surface area contributed by atoms with Crippen molar-refractivity contribution in [3.05, 3.63) is 11.9 Å². The molecule has 0 aliphatic carbocycles. The largest absolute Gasteiger partial charge is 0.476 e. The van der Waals surface area contributed by atoms with Gasteiger partial charge in [0, 0.05) is 0 Å². The molecular weight excluding hydrogens is 149 g/mol. The maximum atomic E-state index is 12.2. The van der Waals surface area contributed by atoms with Gasteiger partial charge in [0.05, 0.1) is 0 Å². The van der Waals surface area contributed by atoms with Crippen molar-refractivity contribution >= 4 is 5.97 Å². The van der Waals surface area contributed by atoms with Crippen LogP contribution in [0.3, 0.4) is 0 Å². The van der Waals surface area contributed by atoms with Gasteiger partial charge >= 0.3 is 5.97 Å². The van der Waals surface area contributed by atoms with Crippen LogP contribution in [0.1, 0.15) is 19.3 Å². The Bertz CT molecular complexity index is 157. The van der Waals surface area contributed by atoms with E-state index in [0.717, 1.165) is 18.9 Å². The maximum Gasteiger partial charge on any atom is 0.364 e. The summed E-state index contributed by atoms with van der Waals surface area (Å²) >= 11 is 0. The van der Waals surface area contributed by atoms with Gasteiger partial charge in [-0.25, -0.2) is 4.79 Å². The van der Waals surface area contributed by atoms with E-state index < -0.39 is 11.8 Å². The Morgan fingerprint density at radius 2 is 2.18 bits per heavy atom. The van der Waals surface area contributed by atoms with Crippen molar-refractivity contribution in [2.24, 2.45) is 5.73 Å². The van der Waals surface area contributed by atoms with Gasteiger partial charge in [0.2, 0.25) is 5.83 Å². The lowest BCUT2D eigenvalue weighted by Crippen LogP contribution is -1.98. The molecule has 0 aliphatic heterocycles. The maximum absolute atomic E-state index is 12.2. The zero-order chi connectivity index (χ0) is 8.69. The highest BCUT2D eigenvalue weighted by Crippen LogP contribution is 2.02. The smallest absolute Gasteiger partial charge is 0.364 e. The Kier molecular flexibility index (Phi) is 5.37. The van der Waals surface area contributed by atoms with E-state index in [1.807, 2.05) is 0 Å². The van der Waals surface area contributed by atoms with Crippen LogP contribution >= 0.6 is 0 Å². The van der Waals surface area contributed by atoms with Crippen molar-refractivity contribution < 1.29 is 14.3 Å². The number of aliphatic carboxylic acids is 1. The van der Waals surface area contributed by atoms with Crippen molar-refractivity contribution in [3.63, 3.8) is 0 Å². The van der Waals surface area contributed by atoms with Gasteiger partial charge < -0.3 is 10.8 Å². The molecule has 4 heteroatoms. The fourth-order valence-electron chi connectivity index (χ4n) is 0.605. The van der Waals surface area contributed by atoms with Gasteiger partial charge in [-0.05, 0) is 31.9 Å². The molecule has 0 rings (SSSR count). The molecule has 3 N–H and O–H groups in total. The number of carbonyl (C=O) groups is 1. The summed E-state index contributed by atoms with van der Waals surface area (Å²) in [5, 5.41) is 8.07. The van der Waals surface area contributed by atoms with Crippen LogP contribution in [-0.4, -0.2) is 17.6 Å². The Labute approximate surface area is 64.7 Å². The summed E-state index contributed by atoms with van der Waals surface area (Å²) in [5.74, 6) is -2.58. The molecule has 0 aromatic heterocycles. The predicted octanol–water partition coefficient (Wildman–Crippen LogP) is 1.05. The van der Waals surface area contributed by atoms with E-state index in [0.29, 0.717) is 13.0 Å². The minimum atomic E-state index is -1.50. The molecular formula is C7H12FNO2. The van der Waals surface area contributed by atoms with Crippen molar-refractivity contribution in [2.75, 3.05) is 6.54 Å². The highest BCUT2D eigenvalue weighted by Gasteiger charge is 2.02. The second-order valence-electron chi connectivity index (χ2n) is 2.14. The van der Waals surface area contributed by atoms with Crippen molar-refractivity contribution in [1.82, 2.24) is 0 Å². The Balaban J connectivity index is 3.48. The lowest BCUT2D eigenvalue weighted by atomic mass is 10.2. The van der Waals surface area contributed by atoms with Gasteiger partial charge in [0.25, 0.3) is 0 Å². The third kappa shape index (κ3) is 5.54. The number of halogens is 1. The van der Waals surface area contributed by atoms with Gasteiger partial charge in [-0.3, -0.25) is 0 Å². The Morgan fingerprint density at radius 1 is 1.55 bits per heavy atom. The second kappa shape index (κ2) is 5.85. The van der Waals surface area contributed by atoms with Crippen LogP contribution in [0.5, 0.6) is 0 Å². The molecule has 0 aromatic carbocycles. The number of hydrogen-bond donors (Lipinski definition) is 2. The summed E-state index contributed by atoms with van der Waals surface area (Å²) in [6, 6.07) is 0. The number of allylic oxidation sites excluding steroid dienone is 1. The first-order valence-corrected chi connectivity index (χ1v) is 3.47. The SMILES string of the molecule is NCCCC/C=C(\F)C(=O)O. The molecule has 0 aromatic rings. The van der Waals surface area contributed by atoms with Gasteiger partial charge in [-0.1, -0.05) is 0 Å². The molecule has 0 unspecified atom stereocenters. The molecule has 0 saturated carbocycles. The van der Waals surface area contributed by atoms with E-state index in [-0.39, 0.29) is 0 Å². The third-order valence-corrected chi connectivity index (χ3v) is 1.19. The average Bonchev–Trinajstić information content (AvgIpc) is 1.97. The minimum Gasteiger partial charge on any atom is -0.476 e. The fourth-order valence-corrected chi connectivity index (χ4v) is 0.605. The monoisotopic (exact) mass is 161 g/mol. The molecule has 11 heavy (non-hydrogen) atoms. The van der Waals surface area contributed by atoms with Gasteiger partial charge in [0.1, 0.15) is 0 Å². The number of unbranched alkanes of at least 4 members (excludes halogenated alkanes) is 2. The second-order valence-corrected chi connectivity index (χ2v) is 2.14. The number of nitrogens with two attached hydrogens (primary N) is 1. The van der Waals surface area contributed by atoms with Crippen molar-refractivity contribution in [2.45, 2.75) is 19.3 Å². The van der Waals surface area contributed by atoms with Crippen LogP contribution in [-0.2, 0) is 4.79 Å². The fraction of sp³-hybridized carbons (Fsp3) is 0.571. The summed E-state index contributed by atoms with van der Waals surface area (Å²) in [7, 11) is 0. The zero-order valence-corrected chi connectivity index (χ0v) is 6.22. The predicted molar refractivity (Wildman–Crippen MR) is 39.7 cm³/mol. The molecule has 64 valence electrons.